The molecule has 0 amide bonds. The van der Waals surface area contributed by atoms with E-state index in [1.165, 1.54) is 0 Å². The van der Waals surface area contributed by atoms with Gasteiger partial charge in [-0.05, 0) is 5.56 Å². The Hall–Kier alpha value is -2.66. The van der Waals surface area contributed by atoms with Crippen LogP contribution in [0.2, 0.25) is 0 Å². The highest BCUT2D eigenvalue weighted by Crippen LogP contribution is 2.24. The molecule has 1 heterocycles. The molecule has 3 rings (SSSR count). The molecule has 0 saturated heterocycles. The Morgan fingerprint density at radius 2 is 1.60 bits per heavy atom. The van der Waals surface area contributed by atoms with Gasteiger partial charge in [-0.15, -0.1) is 0 Å². The number of hydrazone groups is 1. The van der Waals surface area contributed by atoms with Gasteiger partial charge in [0.2, 0.25) is 5.96 Å². The number of nitrogens with one attached hydrogen (secondary N) is 2. The first kappa shape index (κ1) is 12.4. The molecule has 1 aliphatic rings. The fourth-order valence-corrected chi connectivity index (χ4v) is 2.16. The lowest BCUT2D eigenvalue weighted by atomic mass is 9.97. The van der Waals surface area contributed by atoms with E-state index < -0.39 is 0 Å². The Bertz CT molecular complexity index is 634. The van der Waals surface area contributed by atoms with E-state index in [1.807, 2.05) is 60.7 Å². The van der Waals surface area contributed by atoms with Crippen molar-refractivity contribution in [3.8, 4) is 0 Å². The van der Waals surface area contributed by atoms with Crippen LogP contribution in [-0.2, 0) is 0 Å². The third kappa shape index (κ3) is 2.39. The summed E-state index contributed by atoms with van der Waals surface area (Å²) in [7, 11) is 0. The molecule has 0 aliphatic carbocycles. The molecule has 100 valence electrons. The minimum atomic E-state index is -0.175. The summed E-state index contributed by atoms with van der Waals surface area (Å²) in [4.78, 5) is 4.57. The first-order valence-corrected chi connectivity index (χ1v) is 6.37. The van der Waals surface area contributed by atoms with Gasteiger partial charge in [0.1, 0.15) is 6.04 Å². The van der Waals surface area contributed by atoms with E-state index in [0.29, 0.717) is 5.96 Å². The largest absolute Gasteiger partial charge is 0.293 e. The molecule has 5 heteroatoms. The van der Waals surface area contributed by atoms with Gasteiger partial charge in [0, 0.05) is 5.56 Å². The van der Waals surface area contributed by atoms with E-state index in [9.17, 15) is 0 Å². The van der Waals surface area contributed by atoms with Gasteiger partial charge in [0.05, 0.1) is 5.71 Å². The van der Waals surface area contributed by atoms with Crippen LogP contribution in [-0.4, -0.2) is 11.7 Å². The molecule has 1 atom stereocenters. The van der Waals surface area contributed by atoms with Gasteiger partial charge < -0.3 is 0 Å². The van der Waals surface area contributed by atoms with Crippen molar-refractivity contribution in [3.63, 3.8) is 0 Å². The van der Waals surface area contributed by atoms with Crippen molar-refractivity contribution in [3.05, 3.63) is 71.8 Å². The number of hydrazine groups is 1. The molecule has 0 bridgehead atoms. The molecule has 1 unspecified atom stereocenters. The Labute approximate surface area is 117 Å². The topological polar surface area (TPSA) is 74.8 Å². The van der Waals surface area contributed by atoms with Gasteiger partial charge in [-0.25, -0.2) is 16.3 Å². The summed E-state index contributed by atoms with van der Waals surface area (Å²) < 4.78 is 0. The number of nitrogens with two attached hydrogens (primary N) is 1. The summed E-state index contributed by atoms with van der Waals surface area (Å²) in [5, 5.41) is 4.40. The molecule has 0 spiro atoms. The molecule has 0 aromatic heterocycles. The molecule has 2 aromatic rings. The Morgan fingerprint density at radius 1 is 0.950 bits per heavy atom. The summed E-state index contributed by atoms with van der Waals surface area (Å²) in [6.45, 7) is 0. The van der Waals surface area contributed by atoms with Crippen LogP contribution < -0.4 is 16.7 Å². The first-order valence-electron chi connectivity index (χ1n) is 6.37. The van der Waals surface area contributed by atoms with Crippen LogP contribution >= 0.6 is 0 Å². The van der Waals surface area contributed by atoms with E-state index >= 15 is 0 Å². The minimum Gasteiger partial charge on any atom is -0.293 e. The first-order chi connectivity index (χ1) is 9.88. The lowest BCUT2D eigenvalue weighted by Gasteiger charge is -2.22. The highest BCUT2D eigenvalue weighted by molar-refractivity contribution is 6.07. The zero-order valence-electron chi connectivity index (χ0n) is 10.8. The second-order valence-corrected chi connectivity index (χ2v) is 4.41. The summed E-state index contributed by atoms with van der Waals surface area (Å²) in [5.74, 6) is 5.87. The van der Waals surface area contributed by atoms with Crippen LogP contribution in [0.1, 0.15) is 17.2 Å². The van der Waals surface area contributed by atoms with Crippen molar-refractivity contribution < 1.29 is 0 Å². The lowest BCUT2D eigenvalue weighted by Crippen LogP contribution is -2.43. The van der Waals surface area contributed by atoms with Crippen molar-refractivity contribution in [2.45, 2.75) is 6.04 Å². The van der Waals surface area contributed by atoms with Gasteiger partial charge in [0.15, 0.2) is 0 Å². The van der Waals surface area contributed by atoms with Crippen molar-refractivity contribution >= 4 is 11.7 Å². The molecular formula is C15H15N5. The van der Waals surface area contributed by atoms with Crippen molar-refractivity contribution in [1.82, 2.24) is 10.9 Å². The van der Waals surface area contributed by atoms with Crippen LogP contribution in [0.25, 0.3) is 0 Å². The molecule has 0 saturated carbocycles. The highest BCUT2D eigenvalue weighted by atomic mass is 15.5. The molecule has 4 N–H and O–H groups in total. The predicted octanol–water partition coefficient (Wildman–Crippen LogP) is 1.55. The second kappa shape index (κ2) is 5.54. The quantitative estimate of drug-likeness (QED) is 0.569. The molecule has 1 aliphatic heterocycles. The maximum atomic E-state index is 5.42. The molecule has 0 radical (unpaired) electrons. The lowest BCUT2D eigenvalue weighted by molar-refractivity contribution is 0.803. The number of aliphatic imine (C=N–C) groups is 1. The summed E-state index contributed by atoms with van der Waals surface area (Å²) in [6, 6.07) is 19.9. The summed E-state index contributed by atoms with van der Waals surface area (Å²) >= 11 is 0. The fourth-order valence-electron chi connectivity index (χ4n) is 2.16. The van der Waals surface area contributed by atoms with Crippen LogP contribution in [0.15, 0.2) is 70.8 Å². The standard InChI is InChI=1S/C15H15N5/c16-18-15-17-13(11-7-3-1-4-8-11)14(19-20-15)12-9-5-2-6-10-12/h1-10,13H,16H2,(H2,17,18,20). The molecule has 20 heavy (non-hydrogen) atoms. The van der Waals surface area contributed by atoms with E-state index in [0.717, 1.165) is 16.8 Å². The maximum absolute atomic E-state index is 5.42. The Kier molecular flexibility index (Phi) is 3.43. The summed E-state index contributed by atoms with van der Waals surface area (Å²) in [5.41, 5.74) is 8.31. The zero-order valence-corrected chi connectivity index (χ0v) is 10.8. The zero-order chi connectivity index (χ0) is 13.8. The summed E-state index contributed by atoms with van der Waals surface area (Å²) in [6.07, 6.45) is 0. The van der Waals surface area contributed by atoms with Gasteiger partial charge in [-0.3, -0.25) is 5.43 Å². The van der Waals surface area contributed by atoms with E-state index in [1.54, 1.807) is 0 Å². The van der Waals surface area contributed by atoms with Crippen molar-refractivity contribution in [2.24, 2.45) is 15.9 Å². The Morgan fingerprint density at radius 3 is 2.25 bits per heavy atom. The van der Waals surface area contributed by atoms with Crippen molar-refractivity contribution in [2.75, 3.05) is 0 Å². The third-order valence-corrected chi connectivity index (χ3v) is 3.12. The van der Waals surface area contributed by atoms with Gasteiger partial charge in [0.25, 0.3) is 0 Å². The molecular weight excluding hydrogens is 250 g/mol. The molecule has 5 nitrogen and oxygen atoms in total. The van der Waals surface area contributed by atoms with E-state index in [2.05, 4.69) is 20.9 Å². The second-order valence-electron chi connectivity index (χ2n) is 4.41. The normalized spacial score (nSPS) is 17.8. The van der Waals surface area contributed by atoms with Crippen LogP contribution in [0.5, 0.6) is 0 Å². The van der Waals surface area contributed by atoms with Crippen molar-refractivity contribution in [1.29, 1.82) is 0 Å². The van der Waals surface area contributed by atoms with Gasteiger partial charge >= 0.3 is 0 Å². The minimum absolute atomic E-state index is 0.175. The number of hydrogen-bond donors (Lipinski definition) is 3. The van der Waals surface area contributed by atoms with Gasteiger partial charge in [-0.1, -0.05) is 60.7 Å². The average Bonchev–Trinajstić information content (AvgIpc) is 2.56. The molecule has 2 aromatic carbocycles. The monoisotopic (exact) mass is 265 g/mol. The average molecular weight is 265 g/mol. The SMILES string of the molecule is NNC1=NC(c2ccccc2)C(c2ccccc2)=NN1. The van der Waals surface area contributed by atoms with Gasteiger partial charge in [-0.2, -0.15) is 5.10 Å². The molecule has 0 fully saturated rings. The maximum Gasteiger partial charge on any atom is 0.227 e. The highest BCUT2D eigenvalue weighted by Gasteiger charge is 2.23. The van der Waals surface area contributed by atoms with Crippen LogP contribution in [0.4, 0.5) is 0 Å². The number of nitrogens with zero attached hydrogens (tertiary/aromatic N) is 2. The van der Waals surface area contributed by atoms with E-state index in [4.69, 9.17) is 5.84 Å². The number of guanidine groups is 1. The number of rotatable bonds is 2. The number of benzene rings is 2. The van der Waals surface area contributed by atoms with Crippen LogP contribution in [0.3, 0.4) is 0 Å². The number of hydrogen-bond acceptors (Lipinski definition) is 5. The fraction of sp³-hybridized carbons (Fsp3) is 0.0667. The van der Waals surface area contributed by atoms with E-state index in [-0.39, 0.29) is 6.04 Å². The third-order valence-electron chi connectivity index (χ3n) is 3.12. The predicted molar refractivity (Wildman–Crippen MR) is 80.1 cm³/mol. The van der Waals surface area contributed by atoms with Crippen LogP contribution in [0, 0.1) is 0 Å². The Balaban J connectivity index is 2.03. The smallest absolute Gasteiger partial charge is 0.227 e.